The zero-order valence-corrected chi connectivity index (χ0v) is 20.5. The van der Waals surface area contributed by atoms with E-state index in [4.69, 9.17) is 21.3 Å². The summed E-state index contributed by atoms with van der Waals surface area (Å²) in [6.45, 7) is -0.0514. The van der Waals surface area contributed by atoms with E-state index in [2.05, 4.69) is 5.32 Å². The molecule has 8 heteroatoms. The molecule has 182 valence electrons. The molecule has 1 saturated carbocycles. The molecule has 1 aromatic heterocycles. The van der Waals surface area contributed by atoms with Crippen LogP contribution in [0.15, 0.2) is 85.1 Å². The van der Waals surface area contributed by atoms with Gasteiger partial charge in [0.2, 0.25) is 11.9 Å². The predicted octanol–water partition coefficient (Wildman–Crippen LogP) is 5.44. The Morgan fingerprint density at radius 1 is 1.03 bits per heavy atom. The highest BCUT2D eigenvalue weighted by Gasteiger charge is 2.34. The summed E-state index contributed by atoms with van der Waals surface area (Å²) >= 11 is 6.05. The molecule has 0 spiro atoms. The van der Waals surface area contributed by atoms with Crippen LogP contribution < -0.4 is 10.1 Å². The molecule has 1 N–H and O–H groups in total. The number of carbonyl (C=O) groups excluding carboxylic acids is 2. The molecule has 0 radical (unpaired) electrons. The van der Waals surface area contributed by atoms with Crippen LogP contribution in [-0.2, 0) is 4.79 Å². The summed E-state index contributed by atoms with van der Waals surface area (Å²) in [4.78, 5) is 32.6. The van der Waals surface area contributed by atoms with Gasteiger partial charge in [0.25, 0.3) is 5.91 Å². The SMILES string of the molecule is COc1ccc(-n2cc(-c3ccc(Cl)cc3)nc2NC(=O)CN(C(=O)c2ccccc2)C2CC2)cc1. The molecule has 1 fully saturated rings. The van der Waals surface area contributed by atoms with Crippen molar-refractivity contribution in [2.75, 3.05) is 19.0 Å². The van der Waals surface area contributed by atoms with Crippen LogP contribution in [-0.4, -0.2) is 46.0 Å². The smallest absolute Gasteiger partial charge is 0.254 e. The van der Waals surface area contributed by atoms with Crippen molar-refractivity contribution in [3.63, 3.8) is 0 Å². The molecule has 1 aliphatic carbocycles. The standard InChI is InChI=1S/C28H25ClN4O3/c1-36-24-15-13-23(14-16-24)33-17-25(19-7-9-21(29)10-8-19)30-28(33)31-26(34)18-32(22-11-12-22)27(35)20-5-3-2-4-6-20/h2-10,13-17,22H,11-12,18H2,1H3,(H,30,31,34). The zero-order valence-electron chi connectivity index (χ0n) is 19.7. The van der Waals surface area contributed by atoms with Gasteiger partial charge in [-0.3, -0.25) is 19.5 Å². The Morgan fingerprint density at radius 3 is 2.36 bits per heavy atom. The summed E-state index contributed by atoms with van der Waals surface area (Å²) in [5.41, 5.74) is 2.92. The topological polar surface area (TPSA) is 76.5 Å². The van der Waals surface area contributed by atoms with Crippen LogP contribution in [0.2, 0.25) is 5.02 Å². The number of hydrogen-bond acceptors (Lipinski definition) is 4. The lowest BCUT2D eigenvalue weighted by Crippen LogP contribution is -2.39. The molecule has 0 bridgehead atoms. The van der Waals surface area contributed by atoms with Crippen LogP contribution in [0, 0.1) is 0 Å². The van der Waals surface area contributed by atoms with Gasteiger partial charge in [-0.25, -0.2) is 4.98 Å². The second-order valence-electron chi connectivity index (χ2n) is 8.60. The Morgan fingerprint density at radius 2 is 1.72 bits per heavy atom. The molecule has 1 heterocycles. The van der Waals surface area contributed by atoms with Gasteiger partial charge in [-0.1, -0.05) is 41.9 Å². The quantitative estimate of drug-likeness (QED) is 0.349. The number of hydrogen-bond donors (Lipinski definition) is 1. The monoisotopic (exact) mass is 500 g/mol. The largest absolute Gasteiger partial charge is 0.497 e. The highest BCUT2D eigenvalue weighted by atomic mass is 35.5. The van der Waals surface area contributed by atoms with E-state index in [1.165, 1.54) is 0 Å². The van der Waals surface area contributed by atoms with Crippen LogP contribution in [0.3, 0.4) is 0 Å². The van der Waals surface area contributed by atoms with Crippen molar-refractivity contribution in [1.29, 1.82) is 0 Å². The normalized spacial score (nSPS) is 12.7. The Kier molecular flexibility index (Phi) is 6.73. The van der Waals surface area contributed by atoms with Gasteiger partial charge in [0.15, 0.2) is 0 Å². The highest BCUT2D eigenvalue weighted by Crippen LogP contribution is 2.29. The third-order valence-electron chi connectivity index (χ3n) is 6.03. The number of rotatable bonds is 8. The van der Waals surface area contributed by atoms with Crippen molar-refractivity contribution in [3.05, 3.63) is 95.6 Å². The molecule has 5 rings (SSSR count). The van der Waals surface area contributed by atoms with E-state index in [0.29, 0.717) is 22.2 Å². The van der Waals surface area contributed by atoms with Crippen molar-refractivity contribution >= 4 is 29.4 Å². The Balaban J connectivity index is 1.42. The molecule has 2 amide bonds. The molecule has 1 aliphatic rings. The Labute approximate surface area is 214 Å². The van der Waals surface area contributed by atoms with Gasteiger partial charge in [0.05, 0.1) is 12.8 Å². The van der Waals surface area contributed by atoms with Crippen molar-refractivity contribution in [3.8, 4) is 22.7 Å². The van der Waals surface area contributed by atoms with E-state index >= 15 is 0 Å². The van der Waals surface area contributed by atoms with Crippen LogP contribution in [0.4, 0.5) is 5.95 Å². The number of methoxy groups -OCH3 is 1. The minimum Gasteiger partial charge on any atom is -0.497 e. The van der Waals surface area contributed by atoms with E-state index in [0.717, 1.165) is 29.8 Å². The second-order valence-corrected chi connectivity index (χ2v) is 9.04. The van der Waals surface area contributed by atoms with Crippen LogP contribution >= 0.6 is 11.6 Å². The minimum absolute atomic E-state index is 0.0514. The van der Waals surface area contributed by atoms with Crippen LogP contribution in [0.1, 0.15) is 23.2 Å². The van der Waals surface area contributed by atoms with E-state index in [9.17, 15) is 9.59 Å². The molecular formula is C28H25ClN4O3. The first-order valence-electron chi connectivity index (χ1n) is 11.7. The number of halogens is 1. The maximum absolute atomic E-state index is 13.2. The summed E-state index contributed by atoms with van der Waals surface area (Å²) in [5.74, 6) is 0.627. The summed E-state index contributed by atoms with van der Waals surface area (Å²) in [5, 5.41) is 3.55. The average molecular weight is 501 g/mol. The molecular weight excluding hydrogens is 476 g/mol. The fourth-order valence-electron chi connectivity index (χ4n) is 3.99. The average Bonchev–Trinajstić information content (AvgIpc) is 3.67. The first-order valence-corrected chi connectivity index (χ1v) is 12.1. The van der Waals surface area contributed by atoms with Crippen LogP contribution in [0.5, 0.6) is 5.75 Å². The highest BCUT2D eigenvalue weighted by molar-refractivity contribution is 6.30. The zero-order chi connectivity index (χ0) is 25.1. The number of nitrogens with one attached hydrogen (secondary N) is 1. The molecule has 3 aromatic carbocycles. The second kappa shape index (κ2) is 10.3. The van der Waals surface area contributed by atoms with Crippen LogP contribution in [0.25, 0.3) is 16.9 Å². The first-order chi connectivity index (χ1) is 17.5. The Bertz CT molecular complexity index is 1360. The molecule has 0 unspecified atom stereocenters. The summed E-state index contributed by atoms with van der Waals surface area (Å²) in [6.07, 6.45) is 3.65. The van der Waals surface area contributed by atoms with Gasteiger partial charge in [0, 0.05) is 34.1 Å². The number of anilines is 1. The first kappa shape index (κ1) is 23.6. The predicted molar refractivity (Wildman–Crippen MR) is 140 cm³/mol. The maximum Gasteiger partial charge on any atom is 0.254 e. The van der Waals surface area contributed by atoms with E-state index < -0.39 is 0 Å². The number of aromatic nitrogens is 2. The van der Waals surface area contributed by atoms with Gasteiger partial charge in [-0.15, -0.1) is 0 Å². The minimum atomic E-state index is -0.311. The lowest BCUT2D eigenvalue weighted by Gasteiger charge is -2.22. The molecule has 4 aromatic rings. The van der Waals surface area contributed by atoms with Crippen molar-refractivity contribution in [1.82, 2.24) is 14.5 Å². The van der Waals surface area contributed by atoms with Gasteiger partial charge in [-0.05, 0) is 61.4 Å². The lowest BCUT2D eigenvalue weighted by molar-refractivity contribution is -0.117. The summed E-state index contributed by atoms with van der Waals surface area (Å²) in [7, 11) is 1.61. The molecule has 7 nitrogen and oxygen atoms in total. The number of nitrogens with zero attached hydrogens (tertiary/aromatic N) is 3. The molecule has 0 atom stereocenters. The Hall–Kier alpha value is -4.10. The van der Waals surface area contributed by atoms with Crippen molar-refractivity contribution in [2.45, 2.75) is 18.9 Å². The summed E-state index contributed by atoms with van der Waals surface area (Å²) in [6, 6.07) is 23.9. The van der Waals surface area contributed by atoms with Gasteiger partial charge in [-0.2, -0.15) is 0 Å². The fourth-order valence-corrected chi connectivity index (χ4v) is 4.11. The van der Waals surface area contributed by atoms with E-state index in [1.54, 1.807) is 36.3 Å². The molecule has 0 saturated heterocycles. The summed E-state index contributed by atoms with van der Waals surface area (Å²) < 4.78 is 7.08. The maximum atomic E-state index is 13.2. The van der Waals surface area contributed by atoms with E-state index in [1.807, 2.05) is 65.4 Å². The van der Waals surface area contributed by atoms with E-state index in [-0.39, 0.29) is 24.4 Å². The number of benzene rings is 3. The van der Waals surface area contributed by atoms with Crippen molar-refractivity contribution < 1.29 is 14.3 Å². The third kappa shape index (κ3) is 5.26. The number of imidazole rings is 1. The molecule has 0 aliphatic heterocycles. The fraction of sp³-hybridized carbons (Fsp3) is 0.179. The molecule has 36 heavy (non-hydrogen) atoms. The van der Waals surface area contributed by atoms with Gasteiger partial charge >= 0.3 is 0 Å². The number of amides is 2. The number of ether oxygens (including phenoxy) is 1. The van der Waals surface area contributed by atoms with Gasteiger partial charge in [0.1, 0.15) is 12.3 Å². The third-order valence-corrected chi connectivity index (χ3v) is 6.28. The lowest BCUT2D eigenvalue weighted by atomic mass is 10.2. The number of carbonyl (C=O) groups is 2. The van der Waals surface area contributed by atoms with Crippen molar-refractivity contribution in [2.24, 2.45) is 0 Å². The van der Waals surface area contributed by atoms with Gasteiger partial charge < -0.3 is 9.64 Å².